The van der Waals surface area contributed by atoms with Gasteiger partial charge in [-0.05, 0) is 11.8 Å². The molecule has 0 saturated carbocycles. The maximum Gasteiger partial charge on any atom is 0.413 e. The molecule has 0 aliphatic carbocycles. The quantitative estimate of drug-likeness (QED) is 0.790. The zero-order valence-corrected chi connectivity index (χ0v) is 10.0. The summed E-state index contributed by atoms with van der Waals surface area (Å²) in [5, 5.41) is 8.51. The molecule has 18 heavy (non-hydrogen) atoms. The summed E-state index contributed by atoms with van der Waals surface area (Å²) in [4.78, 5) is 10.7. The molecule has 0 aliphatic rings. The van der Waals surface area contributed by atoms with Crippen LogP contribution in [0.1, 0.15) is 33.6 Å². The summed E-state index contributed by atoms with van der Waals surface area (Å²) >= 11 is 0. The van der Waals surface area contributed by atoms with E-state index in [0.29, 0.717) is 0 Å². The molecule has 2 nitrogen and oxygen atoms in total. The topological polar surface area (TPSA) is 37.3 Å². The summed E-state index contributed by atoms with van der Waals surface area (Å²) in [6.07, 6.45) is -13.3. The molecule has 0 spiro atoms. The standard InChI is InChI=1S/C10H14F6O2/c1-4-7(2,3)5-8(6(17)18,9(11,12)13)10(14,15)16/h4-5H2,1-3H3,(H,17,18). The number of carboxylic acids is 1. The van der Waals surface area contributed by atoms with Gasteiger partial charge in [0, 0.05) is 0 Å². The van der Waals surface area contributed by atoms with E-state index in [1.165, 1.54) is 20.8 Å². The third-order valence-corrected chi connectivity index (χ3v) is 3.03. The molecule has 0 rings (SSSR count). The molecule has 0 heterocycles. The van der Waals surface area contributed by atoms with Crippen molar-refractivity contribution in [1.82, 2.24) is 0 Å². The largest absolute Gasteiger partial charge is 0.480 e. The number of aliphatic carboxylic acids is 1. The van der Waals surface area contributed by atoms with Gasteiger partial charge in [0.05, 0.1) is 0 Å². The molecule has 0 amide bonds. The number of alkyl halides is 6. The van der Waals surface area contributed by atoms with E-state index in [4.69, 9.17) is 5.11 Å². The van der Waals surface area contributed by atoms with Gasteiger partial charge in [0.25, 0.3) is 5.41 Å². The van der Waals surface area contributed by atoms with Crippen LogP contribution in [0.2, 0.25) is 0 Å². The first-order chi connectivity index (χ1) is 7.71. The van der Waals surface area contributed by atoms with Crippen molar-refractivity contribution in [3.8, 4) is 0 Å². The molecule has 0 radical (unpaired) electrons. The van der Waals surface area contributed by atoms with E-state index in [1.54, 1.807) is 0 Å². The molecular formula is C10H14F6O2. The summed E-state index contributed by atoms with van der Waals surface area (Å²) in [5.74, 6) is -2.91. The highest BCUT2D eigenvalue weighted by molar-refractivity contribution is 5.77. The second-order valence-corrected chi connectivity index (χ2v) is 4.90. The van der Waals surface area contributed by atoms with Gasteiger partial charge < -0.3 is 5.11 Å². The van der Waals surface area contributed by atoms with Crippen LogP contribution in [0.3, 0.4) is 0 Å². The van der Waals surface area contributed by atoms with Gasteiger partial charge in [0.1, 0.15) is 0 Å². The minimum atomic E-state index is -5.90. The Morgan fingerprint density at radius 2 is 1.33 bits per heavy atom. The lowest BCUT2D eigenvalue weighted by molar-refractivity contribution is -0.338. The van der Waals surface area contributed by atoms with E-state index >= 15 is 0 Å². The molecular weight excluding hydrogens is 266 g/mol. The molecule has 0 unspecified atom stereocenters. The third kappa shape index (κ3) is 2.89. The fraction of sp³-hybridized carbons (Fsp3) is 0.900. The fourth-order valence-corrected chi connectivity index (χ4v) is 1.52. The minimum absolute atomic E-state index is 0.00576. The third-order valence-electron chi connectivity index (χ3n) is 3.03. The van der Waals surface area contributed by atoms with Gasteiger partial charge in [0.15, 0.2) is 0 Å². The van der Waals surface area contributed by atoms with E-state index in [0.717, 1.165) is 0 Å². The average molecular weight is 280 g/mol. The zero-order chi connectivity index (χ0) is 15.0. The van der Waals surface area contributed by atoms with E-state index in [9.17, 15) is 31.1 Å². The first kappa shape index (κ1) is 17.1. The van der Waals surface area contributed by atoms with Gasteiger partial charge in [-0.1, -0.05) is 27.2 Å². The maximum atomic E-state index is 12.7. The number of rotatable bonds is 4. The summed E-state index contributed by atoms with van der Waals surface area (Å²) in [7, 11) is 0. The summed E-state index contributed by atoms with van der Waals surface area (Å²) in [5.41, 5.74) is -6.12. The van der Waals surface area contributed by atoms with Crippen LogP contribution < -0.4 is 0 Å². The van der Waals surface area contributed by atoms with Crippen LogP contribution in [-0.4, -0.2) is 23.4 Å². The van der Waals surface area contributed by atoms with Crippen LogP contribution in [0.4, 0.5) is 26.3 Å². The SMILES string of the molecule is CCC(C)(C)CC(C(=O)O)(C(F)(F)F)C(F)(F)F. The van der Waals surface area contributed by atoms with Gasteiger partial charge in [-0.3, -0.25) is 4.79 Å². The van der Waals surface area contributed by atoms with Crippen molar-refractivity contribution in [2.75, 3.05) is 0 Å². The number of carboxylic acid groups (broad SMARTS) is 1. The van der Waals surface area contributed by atoms with Crippen molar-refractivity contribution >= 4 is 5.97 Å². The second kappa shape index (κ2) is 4.62. The molecule has 0 aromatic carbocycles. The molecule has 0 atom stereocenters. The van der Waals surface area contributed by atoms with Crippen LogP contribution in [-0.2, 0) is 4.79 Å². The lowest BCUT2D eigenvalue weighted by Crippen LogP contribution is -2.57. The van der Waals surface area contributed by atoms with Gasteiger partial charge in [-0.25, -0.2) is 0 Å². The van der Waals surface area contributed by atoms with Crippen LogP contribution in [0.15, 0.2) is 0 Å². The lowest BCUT2D eigenvalue weighted by Gasteiger charge is -2.38. The first-order valence-corrected chi connectivity index (χ1v) is 5.08. The summed E-state index contributed by atoms with van der Waals surface area (Å²) < 4.78 is 76.1. The molecule has 0 fully saturated rings. The fourth-order valence-electron chi connectivity index (χ4n) is 1.52. The van der Waals surface area contributed by atoms with E-state index in [2.05, 4.69) is 0 Å². The Morgan fingerprint density at radius 1 is 1.00 bits per heavy atom. The van der Waals surface area contributed by atoms with Gasteiger partial charge in [-0.2, -0.15) is 26.3 Å². The summed E-state index contributed by atoms with van der Waals surface area (Å²) in [6, 6.07) is 0. The van der Waals surface area contributed by atoms with Crippen molar-refractivity contribution in [3.63, 3.8) is 0 Å². The molecule has 0 saturated heterocycles. The van der Waals surface area contributed by atoms with Crippen molar-refractivity contribution in [2.24, 2.45) is 10.8 Å². The maximum absolute atomic E-state index is 12.7. The second-order valence-electron chi connectivity index (χ2n) is 4.90. The predicted octanol–water partition coefficient (Wildman–Crippen LogP) is 4.01. The van der Waals surface area contributed by atoms with Crippen molar-refractivity contribution < 1.29 is 36.2 Å². The van der Waals surface area contributed by atoms with Crippen LogP contribution in [0.5, 0.6) is 0 Å². The van der Waals surface area contributed by atoms with E-state index in [1.807, 2.05) is 0 Å². The number of carbonyl (C=O) groups is 1. The molecule has 0 aromatic rings. The monoisotopic (exact) mass is 280 g/mol. The molecule has 8 heteroatoms. The highest BCUT2D eigenvalue weighted by Crippen LogP contribution is 2.56. The van der Waals surface area contributed by atoms with Crippen LogP contribution in [0.25, 0.3) is 0 Å². The molecule has 0 aromatic heterocycles. The van der Waals surface area contributed by atoms with E-state index in [-0.39, 0.29) is 6.42 Å². The average Bonchev–Trinajstić information content (AvgIpc) is 2.09. The Balaban J connectivity index is 5.91. The van der Waals surface area contributed by atoms with Gasteiger partial charge in [-0.15, -0.1) is 0 Å². The highest BCUT2D eigenvalue weighted by Gasteiger charge is 2.76. The van der Waals surface area contributed by atoms with Crippen molar-refractivity contribution in [3.05, 3.63) is 0 Å². The van der Waals surface area contributed by atoms with Gasteiger partial charge in [0.2, 0.25) is 0 Å². The lowest BCUT2D eigenvalue weighted by atomic mass is 9.70. The van der Waals surface area contributed by atoms with Crippen molar-refractivity contribution in [2.45, 2.75) is 46.0 Å². The Bertz CT molecular complexity index is 301. The zero-order valence-electron chi connectivity index (χ0n) is 10.0. The number of hydrogen-bond acceptors (Lipinski definition) is 1. The Hall–Kier alpha value is -0.950. The van der Waals surface area contributed by atoms with Gasteiger partial charge >= 0.3 is 18.3 Å². The first-order valence-electron chi connectivity index (χ1n) is 5.08. The Labute approximate surface area is 100.0 Å². The Kier molecular flexibility index (Phi) is 4.38. The normalized spacial score (nSPS) is 14.7. The number of halogens is 6. The molecule has 0 aliphatic heterocycles. The molecule has 108 valence electrons. The minimum Gasteiger partial charge on any atom is -0.480 e. The van der Waals surface area contributed by atoms with Crippen LogP contribution in [0, 0.1) is 10.8 Å². The molecule has 0 bridgehead atoms. The summed E-state index contributed by atoms with van der Waals surface area (Å²) in [6.45, 7) is 3.74. The highest BCUT2D eigenvalue weighted by atomic mass is 19.4. The number of hydrogen-bond donors (Lipinski definition) is 1. The predicted molar refractivity (Wildman–Crippen MR) is 50.9 cm³/mol. The molecule has 1 N–H and O–H groups in total. The van der Waals surface area contributed by atoms with Crippen LogP contribution >= 0.6 is 0 Å². The Morgan fingerprint density at radius 3 is 1.50 bits per heavy atom. The van der Waals surface area contributed by atoms with E-state index < -0.39 is 35.6 Å². The van der Waals surface area contributed by atoms with Crippen molar-refractivity contribution in [1.29, 1.82) is 0 Å². The smallest absolute Gasteiger partial charge is 0.413 e.